The minimum Gasteiger partial charge on any atom is -0.484 e. The van der Waals surface area contributed by atoms with E-state index >= 15 is 0 Å². The highest BCUT2D eigenvalue weighted by Gasteiger charge is 2.52. The maximum atomic E-state index is 6.63. The van der Waals surface area contributed by atoms with Gasteiger partial charge >= 0.3 is 0 Å². The standard InChI is InChI=1S/C57H39NO/c1-2-14-41-36(13-1)27-28-38-31-34-40(35-48(38)41)58(39-32-29-37(30-33-39)42-19-11-20-46-45-17-6-10-26-54(45)59-56(42)46)53-25-12-24-52-55(53)47-18-5-9-23-51(47)57(52)49-21-7-3-15-43(49)44-16-4-8-22-50(44)57/h1-34,42,48,56H,35H2. The highest BCUT2D eigenvalue weighted by atomic mass is 16.5. The molecule has 1 spiro atoms. The highest BCUT2D eigenvalue weighted by molar-refractivity contribution is 6.00. The van der Waals surface area contributed by atoms with Gasteiger partial charge in [0.25, 0.3) is 0 Å². The molecule has 59 heavy (non-hydrogen) atoms. The Morgan fingerprint density at radius 1 is 0.542 bits per heavy atom. The summed E-state index contributed by atoms with van der Waals surface area (Å²) in [5, 5.41) is 0. The molecule has 3 unspecified atom stereocenters. The molecule has 2 heteroatoms. The van der Waals surface area contributed by atoms with Gasteiger partial charge < -0.3 is 9.64 Å². The van der Waals surface area contributed by atoms with Crippen molar-refractivity contribution in [1.29, 1.82) is 0 Å². The maximum absolute atomic E-state index is 6.63. The van der Waals surface area contributed by atoms with E-state index in [0.29, 0.717) is 0 Å². The lowest BCUT2D eigenvalue weighted by Gasteiger charge is -2.36. The zero-order valence-corrected chi connectivity index (χ0v) is 32.4. The Kier molecular flexibility index (Phi) is 6.92. The van der Waals surface area contributed by atoms with Gasteiger partial charge in [0.2, 0.25) is 0 Å². The fourth-order valence-electron chi connectivity index (χ4n) is 11.4. The number of ether oxygens (including phenoxy) is 1. The highest BCUT2D eigenvalue weighted by Crippen LogP contribution is 2.64. The lowest BCUT2D eigenvalue weighted by molar-refractivity contribution is 0.258. The number of hydrogen-bond donors (Lipinski definition) is 0. The molecule has 2 nitrogen and oxygen atoms in total. The number of anilines is 2. The number of nitrogens with zero attached hydrogens (tertiary/aromatic N) is 1. The van der Waals surface area contributed by atoms with Crippen LogP contribution in [-0.4, -0.2) is 6.10 Å². The Bertz CT molecular complexity index is 3040. The number of benzene rings is 7. The molecule has 0 N–H and O–H groups in total. The number of para-hydroxylation sites is 1. The first-order valence-corrected chi connectivity index (χ1v) is 20.9. The third-order valence-corrected chi connectivity index (χ3v) is 13.9. The Labute approximate surface area is 345 Å². The quantitative estimate of drug-likeness (QED) is 0.177. The molecule has 0 radical (unpaired) electrons. The number of fused-ring (bicyclic) bond motifs is 16. The molecule has 0 fully saturated rings. The molecule has 7 aromatic rings. The van der Waals surface area contributed by atoms with Crippen molar-refractivity contribution in [1.82, 2.24) is 0 Å². The molecule has 1 heterocycles. The van der Waals surface area contributed by atoms with Crippen LogP contribution in [0.1, 0.15) is 62.8 Å². The number of allylic oxidation sites excluding steroid dienone is 7. The first-order valence-electron chi connectivity index (χ1n) is 20.9. The van der Waals surface area contributed by atoms with E-state index in [0.717, 1.165) is 17.9 Å². The number of rotatable bonds is 4. The van der Waals surface area contributed by atoms with Crippen molar-refractivity contribution in [3.8, 4) is 28.0 Å². The summed E-state index contributed by atoms with van der Waals surface area (Å²) < 4.78 is 6.63. The summed E-state index contributed by atoms with van der Waals surface area (Å²) in [7, 11) is 0. The fourth-order valence-corrected chi connectivity index (χ4v) is 11.4. The van der Waals surface area contributed by atoms with Gasteiger partial charge in [0, 0.05) is 39.9 Å². The second-order valence-electron chi connectivity index (χ2n) is 16.6. The van der Waals surface area contributed by atoms with Crippen LogP contribution in [0.5, 0.6) is 5.75 Å². The summed E-state index contributed by atoms with van der Waals surface area (Å²) in [4.78, 5) is 2.57. The van der Waals surface area contributed by atoms with Gasteiger partial charge in [-0.25, -0.2) is 0 Å². The topological polar surface area (TPSA) is 12.5 Å². The van der Waals surface area contributed by atoms with Gasteiger partial charge in [-0.3, -0.25) is 0 Å². The van der Waals surface area contributed by atoms with Crippen LogP contribution in [0.15, 0.2) is 212 Å². The first-order chi connectivity index (χ1) is 29.3. The molecule has 5 aliphatic carbocycles. The van der Waals surface area contributed by atoms with Crippen molar-refractivity contribution in [2.24, 2.45) is 0 Å². The summed E-state index contributed by atoms with van der Waals surface area (Å²) in [5.41, 5.74) is 21.7. The van der Waals surface area contributed by atoms with E-state index in [1.165, 1.54) is 89.3 Å². The van der Waals surface area contributed by atoms with Crippen molar-refractivity contribution in [3.63, 3.8) is 0 Å². The molecule has 6 aliphatic rings. The molecule has 0 bridgehead atoms. The zero-order valence-electron chi connectivity index (χ0n) is 32.4. The molecular formula is C57H39NO. The van der Waals surface area contributed by atoms with E-state index in [4.69, 9.17) is 4.74 Å². The van der Waals surface area contributed by atoms with E-state index in [1.54, 1.807) is 0 Å². The first kappa shape index (κ1) is 32.9. The monoisotopic (exact) mass is 753 g/mol. The van der Waals surface area contributed by atoms with E-state index in [9.17, 15) is 0 Å². The molecular weight excluding hydrogens is 715 g/mol. The largest absolute Gasteiger partial charge is 0.484 e. The molecule has 278 valence electrons. The van der Waals surface area contributed by atoms with Gasteiger partial charge in [0.05, 0.1) is 11.1 Å². The second kappa shape index (κ2) is 12.4. The van der Waals surface area contributed by atoms with E-state index in [1.807, 2.05) is 0 Å². The smallest absolute Gasteiger partial charge is 0.135 e. The van der Waals surface area contributed by atoms with Gasteiger partial charge in [-0.2, -0.15) is 0 Å². The third-order valence-electron chi connectivity index (χ3n) is 13.9. The van der Waals surface area contributed by atoms with Gasteiger partial charge in [-0.05, 0) is 98.0 Å². The maximum Gasteiger partial charge on any atom is 0.135 e. The summed E-state index contributed by atoms with van der Waals surface area (Å²) in [6, 6.07) is 61.1. The van der Waals surface area contributed by atoms with Crippen LogP contribution in [0.3, 0.4) is 0 Å². The Hall–Kier alpha value is -7.16. The van der Waals surface area contributed by atoms with Crippen LogP contribution in [-0.2, 0) is 5.41 Å². The van der Waals surface area contributed by atoms with E-state index < -0.39 is 5.41 Å². The van der Waals surface area contributed by atoms with Crippen LogP contribution in [0.4, 0.5) is 11.4 Å². The molecule has 0 saturated heterocycles. The summed E-state index contributed by atoms with van der Waals surface area (Å²) >= 11 is 0. The molecule has 1 aliphatic heterocycles. The Morgan fingerprint density at radius 2 is 1.20 bits per heavy atom. The number of hydrogen-bond acceptors (Lipinski definition) is 2. The molecule has 0 aromatic heterocycles. The van der Waals surface area contributed by atoms with E-state index in [2.05, 4.69) is 211 Å². The molecule has 7 aromatic carbocycles. The normalized spacial score (nSPS) is 20.1. The minimum absolute atomic E-state index is 0.0364. The molecule has 0 saturated carbocycles. The zero-order chi connectivity index (χ0) is 38.7. The fraction of sp³-hybridized carbons (Fsp3) is 0.0877. The predicted octanol–water partition coefficient (Wildman–Crippen LogP) is 13.7. The van der Waals surface area contributed by atoms with Crippen molar-refractivity contribution >= 4 is 23.0 Å². The third kappa shape index (κ3) is 4.52. The SMILES string of the molecule is C1=CC(c2ccc(N(C3=CC=C4C=Cc5ccccc5C4C3)c3cccc4c3-c3ccccc3C43c4ccccc4-c4ccccc43)cc2)C2Oc3ccccc3C2=C1. The molecule has 0 amide bonds. The minimum atomic E-state index is -0.414. The van der Waals surface area contributed by atoms with E-state index in [-0.39, 0.29) is 17.9 Å². The van der Waals surface area contributed by atoms with Crippen molar-refractivity contribution in [3.05, 3.63) is 256 Å². The summed E-state index contributed by atoms with van der Waals surface area (Å²) in [6.45, 7) is 0. The van der Waals surface area contributed by atoms with Crippen molar-refractivity contribution < 1.29 is 4.74 Å². The van der Waals surface area contributed by atoms with Crippen LogP contribution >= 0.6 is 0 Å². The van der Waals surface area contributed by atoms with Gasteiger partial charge in [0.15, 0.2) is 0 Å². The lowest BCUT2D eigenvalue weighted by atomic mass is 9.70. The van der Waals surface area contributed by atoms with Gasteiger partial charge in [-0.15, -0.1) is 0 Å². The summed E-state index contributed by atoms with van der Waals surface area (Å²) in [6.07, 6.45) is 16.9. The van der Waals surface area contributed by atoms with Crippen LogP contribution in [0.2, 0.25) is 0 Å². The van der Waals surface area contributed by atoms with Crippen LogP contribution < -0.4 is 9.64 Å². The predicted molar refractivity (Wildman–Crippen MR) is 241 cm³/mol. The van der Waals surface area contributed by atoms with Crippen LogP contribution in [0.25, 0.3) is 33.9 Å². The Morgan fingerprint density at radius 3 is 2.00 bits per heavy atom. The van der Waals surface area contributed by atoms with Crippen molar-refractivity contribution in [2.45, 2.75) is 29.8 Å². The summed E-state index contributed by atoms with van der Waals surface area (Å²) in [5.74, 6) is 1.37. The van der Waals surface area contributed by atoms with Gasteiger partial charge in [0.1, 0.15) is 11.9 Å². The van der Waals surface area contributed by atoms with Crippen molar-refractivity contribution in [2.75, 3.05) is 4.90 Å². The lowest BCUT2D eigenvalue weighted by Crippen LogP contribution is -2.26. The Balaban J connectivity index is 0.997. The van der Waals surface area contributed by atoms with Gasteiger partial charge in [-0.1, -0.05) is 176 Å². The second-order valence-corrected chi connectivity index (χ2v) is 16.6. The average Bonchev–Trinajstić information content (AvgIpc) is 3.94. The molecule has 3 atom stereocenters. The van der Waals surface area contributed by atoms with Crippen LogP contribution in [0, 0.1) is 0 Å². The average molecular weight is 754 g/mol. The molecule has 13 rings (SSSR count).